The Hall–Kier alpha value is -1.07. The Morgan fingerprint density at radius 1 is 1.53 bits per heavy atom. The molecule has 1 aromatic rings. The number of alkyl halides is 1. The van der Waals surface area contributed by atoms with Crippen molar-refractivity contribution in [3.05, 3.63) is 12.3 Å². The zero-order chi connectivity index (χ0) is 12.1. The molecule has 2 rings (SSSR count). The Bertz CT molecular complexity index is 369. The summed E-state index contributed by atoms with van der Waals surface area (Å²) in [7, 11) is 1.58. The molecule has 1 saturated heterocycles. The van der Waals surface area contributed by atoms with Gasteiger partial charge >= 0.3 is 0 Å². The second kappa shape index (κ2) is 5.51. The summed E-state index contributed by atoms with van der Waals surface area (Å²) in [4.78, 5) is 8.41. The van der Waals surface area contributed by atoms with Gasteiger partial charge in [0.15, 0.2) is 0 Å². The summed E-state index contributed by atoms with van der Waals surface area (Å²) in [5.74, 6) is 1.60. The molecular formula is C11H16ClN3O2. The number of halogens is 1. The Kier molecular flexibility index (Phi) is 4.02. The fourth-order valence-corrected chi connectivity index (χ4v) is 2.14. The lowest BCUT2D eigenvalue weighted by Crippen LogP contribution is -2.45. The molecule has 1 aromatic heterocycles. The summed E-state index contributed by atoms with van der Waals surface area (Å²) in [5, 5.41) is 3.30. The van der Waals surface area contributed by atoms with Crippen LogP contribution in [0.25, 0.3) is 0 Å². The summed E-state index contributed by atoms with van der Waals surface area (Å²) in [6, 6.07) is 1.71. The van der Waals surface area contributed by atoms with Gasteiger partial charge in [0.1, 0.15) is 0 Å². The van der Waals surface area contributed by atoms with Crippen molar-refractivity contribution in [2.45, 2.75) is 18.4 Å². The third-order valence-electron chi connectivity index (χ3n) is 2.92. The highest BCUT2D eigenvalue weighted by Crippen LogP contribution is 2.26. The van der Waals surface area contributed by atoms with E-state index in [2.05, 4.69) is 15.3 Å². The number of anilines is 1. The van der Waals surface area contributed by atoms with Crippen LogP contribution in [0, 0.1) is 0 Å². The SMILES string of the molecule is COc1ccnc(NC2(CCl)CCOCC2)n1. The predicted molar refractivity (Wildman–Crippen MR) is 65.7 cm³/mol. The number of methoxy groups -OCH3 is 1. The Morgan fingerprint density at radius 3 is 2.94 bits per heavy atom. The molecule has 2 heterocycles. The normalized spacial score (nSPS) is 18.7. The number of nitrogens with zero attached hydrogens (tertiary/aromatic N) is 2. The van der Waals surface area contributed by atoms with Crippen LogP contribution in [-0.4, -0.2) is 41.7 Å². The van der Waals surface area contributed by atoms with E-state index in [4.69, 9.17) is 21.1 Å². The standard InChI is InChI=1S/C11H16ClN3O2/c1-16-9-2-5-13-10(14-9)15-11(8-12)3-6-17-7-4-11/h2,5H,3-4,6-8H2,1H3,(H,13,14,15). The molecule has 0 spiro atoms. The topological polar surface area (TPSA) is 56.3 Å². The van der Waals surface area contributed by atoms with E-state index < -0.39 is 0 Å². The van der Waals surface area contributed by atoms with Gasteiger partial charge in [0.2, 0.25) is 11.8 Å². The molecule has 1 fully saturated rings. The fraction of sp³-hybridized carbons (Fsp3) is 0.636. The molecule has 0 aliphatic carbocycles. The summed E-state index contributed by atoms with van der Waals surface area (Å²) >= 11 is 6.06. The number of ether oxygens (including phenoxy) is 2. The van der Waals surface area contributed by atoms with Crippen molar-refractivity contribution < 1.29 is 9.47 Å². The van der Waals surface area contributed by atoms with Gasteiger partial charge in [0.25, 0.3) is 0 Å². The molecule has 1 aliphatic rings. The van der Waals surface area contributed by atoms with Gasteiger partial charge in [0, 0.05) is 31.4 Å². The van der Waals surface area contributed by atoms with Gasteiger partial charge in [-0.05, 0) is 12.8 Å². The maximum absolute atomic E-state index is 6.06. The predicted octanol–water partition coefficient (Wildman–Crippen LogP) is 1.69. The van der Waals surface area contributed by atoms with E-state index in [1.54, 1.807) is 19.4 Å². The Balaban J connectivity index is 2.11. The minimum absolute atomic E-state index is 0.174. The average molecular weight is 258 g/mol. The van der Waals surface area contributed by atoms with Crippen LogP contribution in [0.2, 0.25) is 0 Å². The molecule has 0 amide bonds. The van der Waals surface area contributed by atoms with E-state index in [-0.39, 0.29) is 5.54 Å². The number of rotatable bonds is 4. The molecule has 1 N–H and O–H groups in total. The maximum atomic E-state index is 6.06. The first kappa shape index (κ1) is 12.4. The quantitative estimate of drug-likeness (QED) is 0.832. The van der Waals surface area contributed by atoms with Crippen LogP contribution in [0.5, 0.6) is 5.88 Å². The van der Waals surface area contributed by atoms with Crippen LogP contribution in [-0.2, 0) is 4.74 Å². The van der Waals surface area contributed by atoms with Gasteiger partial charge in [0.05, 0.1) is 12.6 Å². The van der Waals surface area contributed by atoms with Gasteiger partial charge in [-0.3, -0.25) is 0 Å². The van der Waals surface area contributed by atoms with Gasteiger partial charge in [-0.2, -0.15) is 4.98 Å². The van der Waals surface area contributed by atoms with Crippen molar-refractivity contribution >= 4 is 17.5 Å². The number of hydrogen-bond donors (Lipinski definition) is 1. The number of hydrogen-bond acceptors (Lipinski definition) is 5. The highest BCUT2D eigenvalue weighted by Gasteiger charge is 2.32. The monoisotopic (exact) mass is 257 g/mol. The van der Waals surface area contributed by atoms with Crippen LogP contribution in [0.15, 0.2) is 12.3 Å². The average Bonchev–Trinajstić information content (AvgIpc) is 2.40. The van der Waals surface area contributed by atoms with E-state index >= 15 is 0 Å². The molecule has 0 unspecified atom stereocenters. The number of aromatic nitrogens is 2. The third kappa shape index (κ3) is 2.98. The lowest BCUT2D eigenvalue weighted by molar-refractivity contribution is 0.0665. The molecule has 94 valence electrons. The van der Waals surface area contributed by atoms with Crippen molar-refractivity contribution in [1.82, 2.24) is 9.97 Å². The second-order valence-corrected chi connectivity index (χ2v) is 4.34. The minimum atomic E-state index is -0.174. The largest absolute Gasteiger partial charge is 0.481 e. The van der Waals surface area contributed by atoms with E-state index in [9.17, 15) is 0 Å². The lowest BCUT2D eigenvalue weighted by Gasteiger charge is -2.36. The van der Waals surface area contributed by atoms with Crippen LogP contribution in [0.4, 0.5) is 5.95 Å². The summed E-state index contributed by atoms with van der Waals surface area (Å²) < 4.78 is 10.4. The first-order valence-corrected chi connectivity index (χ1v) is 6.10. The first-order chi connectivity index (χ1) is 8.28. The molecule has 0 saturated carbocycles. The van der Waals surface area contributed by atoms with Gasteiger partial charge < -0.3 is 14.8 Å². The molecule has 0 bridgehead atoms. The van der Waals surface area contributed by atoms with Gasteiger partial charge in [-0.15, -0.1) is 11.6 Å². The Labute approximate surface area is 105 Å². The summed E-state index contributed by atoms with van der Waals surface area (Å²) in [5.41, 5.74) is -0.174. The second-order valence-electron chi connectivity index (χ2n) is 4.07. The van der Waals surface area contributed by atoms with Crippen molar-refractivity contribution in [1.29, 1.82) is 0 Å². The summed E-state index contributed by atoms with van der Waals surface area (Å²) in [6.45, 7) is 1.42. The molecule has 6 heteroatoms. The summed E-state index contributed by atoms with van der Waals surface area (Å²) in [6.07, 6.45) is 3.38. The van der Waals surface area contributed by atoms with Crippen LogP contribution in [0.1, 0.15) is 12.8 Å². The number of nitrogens with one attached hydrogen (secondary N) is 1. The van der Waals surface area contributed by atoms with Crippen molar-refractivity contribution in [2.24, 2.45) is 0 Å². The van der Waals surface area contributed by atoms with Crippen molar-refractivity contribution in [3.63, 3.8) is 0 Å². The molecule has 0 atom stereocenters. The molecule has 1 aliphatic heterocycles. The fourth-order valence-electron chi connectivity index (χ4n) is 1.81. The highest BCUT2D eigenvalue weighted by atomic mass is 35.5. The first-order valence-electron chi connectivity index (χ1n) is 5.57. The zero-order valence-electron chi connectivity index (χ0n) is 9.78. The van der Waals surface area contributed by atoms with E-state index in [0.717, 1.165) is 12.8 Å². The molecular weight excluding hydrogens is 242 g/mol. The Morgan fingerprint density at radius 2 is 2.29 bits per heavy atom. The molecule has 0 radical (unpaired) electrons. The van der Waals surface area contributed by atoms with Crippen LogP contribution >= 0.6 is 11.6 Å². The lowest BCUT2D eigenvalue weighted by atomic mass is 9.92. The van der Waals surface area contributed by atoms with Crippen LogP contribution < -0.4 is 10.1 Å². The molecule has 17 heavy (non-hydrogen) atoms. The van der Waals surface area contributed by atoms with E-state index in [1.165, 1.54) is 0 Å². The molecule has 5 nitrogen and oxygen atoms in total. The third-order valence-corrected chi connectivity index (χ3v) is 3.43. The van der Waals surface area contributed by atoms with Crippen molar-refractivity contribution in [2.75, 3.05) is 31.5 Å². The van der Waals surface area contributed by atoms with E-state index in [0.29, 0.717) is 30.9 Å². The van der Waals surface area contributed by atoms with Crippen LogP contribution in [0.3, 0.4) is 0 Å². The van der Waals surface area contributed by atoms with E-state index in [1.807, 2.05) is 0 Å². The highest BCUT2D eigenvalue weighted by molar-refractivity contribution is 6.18. The molecule has 0 aromatic carbocycles. The zero-order valence-corrected chi connectivity index (χ0v) is 10.5. The van der Waals surface area contributed by atoms with Gasteiger partial charge in [-0.25, -0.2) is 4.98 Å². The smallest absolute Gasteiger partial charge is 0.226 e. The van der Waals surface area contributed by atoms with Crippen molar-refractivity contribution in [3.8, 4) is 5.88 Å². The van der Waals surface area contributed by atoms with Gasteiger partial charge in [-0.1, -0.05) is 0 Å². The maximum Gasteiger partial charge on any atom is 0.226 e. The minimum Gasteiger partial charge on any atom is -0.481 e.